The van der Waals surface area contributed by atoms with Crippen LogP contribution < -0.4 is 10.1 Å². The zero-order valence-corrected chi connectivity index (χ0v) is 20.7. The van der Waals surface area contributed by atoms with Crippen LogP contribution in [0.3, 0.4) is 0 Å². The number of rotatable bonds is 5. The van der Waals surface area contributed by atoms with Crippen molar-refractivity contribution >= 4 is 29.9 Å². The number of imidazole rings is 1. The molecule has 1 fully saturated rings. The Balaban J connectivity index is 0.00000289. The zero-order chi connectivity index (χ0) is 21.6. The van der Waals surface area contributed by atoms with Gasteiger partial charge < -0.3 is 19.5 Å². The average Bonchev–Trinajstić information content (AvgIpc) is 3.21. The highest BCUT2D eigenvalue weighted by Crippen LogP contribution is 2.19. The molecule has 0 spiro atoms. The monoisotopic (exact) mass is 549 g/mol. The summed E-state index contributed by atoms with van der Waals surface area (Å²) in [5.41, 5.74) is 1.37. The summed E-state index contributed by atoms with van der Waals surface area (Å²) >= 11 is 0. The second-order valence-electron chi connectivity index (χ2n) is 7.65. The molecule has 4 rings (SSSR count). The smallest absolute Gasteiger partial charge is 0.193 e. The lowest BCUT2D eigenvalue weighted by Crippen LogP contribution is -2.47. The molecule has 1 aliphatic heterocycles. The summed E-state index contributed by atoms with van der Waals surface area (Å²) < 4.78 is 22.5. The van der Waals surface area contributed by atoms with Gasteiger partial charge in [-0.3, -0.25) is 4.99 Å². The van der Waals surface area contributed by atoms with Crippen molar-refractivity contribution in [3.8, 4) is 11.4 Å². The fraction of sp³-hybridized carbons (Fsp3) is 0.333. The molecule has 2 aromatic carbocycles. The van der Waals surface area contributed by atoms with Crippen LogP contribution in [0, 0.1) is 12.7 Å². The van der Waals surface area contributed by atoms with E-state index in [4.69, 9.17) is 4.74 Å². The van der Waals surface area contributed by atoms with Crippen molar-refractivity contribution in [3.63, 3.8) is 0 Å². The number of nitrogens with zero attached hydrogens (tertiary/aromatic N) is 4. The number of aliphatic imine (C=N–C) groups is 1. The lowest BCUT2D eigenvalue weighted by atomic mass is 10.1. The third-order valence-corrected chi connectivity index (χ3v) is 5.55. The summed E-state index contributed by atoms with van der Waals surface area (Å²) in [5.74, 6) is 2.23. The molecule has 1 aromatic heterocycles. The highest BCUT2D eigenvalue weighted by molar-refractivity contribution is 14.0. The van der Waals surface area contributed by atoms with Gasteiger partial charge in [0.25, 0.3) is 0 Å². The first-order valence-electron chi connectivity index (χ1n) is 10.6. The van der Waals surface area contributed by atoms with Gasteiger partial charge in [-0.2, -0.15) is 0 Å². The van der Waals surface area contributed by atoms with E-state index < -0.39 is 0 Å². The number of aryl methyl sites for hydroxylation is 1. The number of para-hydroxylation sites is 1. The molecule has 0 radical (unpaired) electrons. The Kier molecular flexibility index (Phi) is 8.49. The van der Waals surface area contributed by atoms with Crippen LogP contribution >= 0.6 is 24.0 Å². The van der Waals surface area contributed by atoms with Crippen molar-refractivity contribution < 1.29 is 9.13 Å². The molecule has 170 valence electrons. The van der Waals surface area contributed by atoms with Gasteiger partial charge in [0, 0.05) is 51.9 Å². The summed E-state index contributed by atoms with van der Waals surface area (Å²) in [6.45, 7) is 4.09. The molecule has 2 heterocycles. The lowest BCUT2D eigenvalue weighted by molar-refractivity contribution is 0.129. The van der Waals surface area contributed by atoms with E-state index in [9.17, 15) is 4.39 Å². The molecule has 0 amide bonds. The molecule has 0 aliphatic carbocycles. The van der Waals surface area contributed by atoms with Crippen molar-refractivity contribution in [1.82, 2.24) is 19.8 Å². The van der Waals surface area contributed by atoms with Crippen LogP contribution in [0.1, 0.15) is 24.2 Å². The van der Waals surface area contributed by atoms with E-state index in [-0.39, 0.29) is 35.9 Å². The third kappa shape index (κ3) is 5.79. The van der Waals surface area contributed by atoms with Gasteiger partial charge in [-0.1, -0.05) is 24.3 Å². The van der Waals surface area contributed by atoms with Crippen LogP contribution in [0.4, 0.5) is 4.39 Å². The van der Waals surface area contributed by atoms with Gasteiger partial charge in [0.15, 0.2) is 5.96 Å². The Labute approximate surface area is 205 Å². The van der Waals surface area contributed by atoms with Crippen LogP contribution in [-0.2, 0) is 6.54 Å². The topological polar surface area (TPSA) is 54.7 Å². The van der Waals surface area contributed by atoms with Crippen molar-refractivity contribution in [2.45, 2.75) is 32.4 Å². The molecule has 0 unspecified atom stereocenters. The fourth-order valence-corrected chi connectivity index (χ4v) is 3.88. The average molecular weight is 549 g/mol. The minimum absolute atomic E-state index is 0. The predicted octanol–water partition coefficient (Wildman–Crippen LogP) is 4.56. The SMILES string of the molecule is CN=C(NCc1ccc(-n2ccnc2C)c(F)c1)N1CCC(Oc2ccccc2)CC1.I. The van der Waals surface area contributed by atoms with Gasteiger partial charge in [-0.05, 0) is 36.8 Å². The molecule has 32 heavy (non-hydrogen) atoms. The van der Waals surface area contributed by atoms with Crippen LogP contribution in [-0.4, -0.2) is 46.7 Å². The molecule has 0 saturated carbocycles. The molecule has 0 atom stereocenters. The van der Waals surface area contributed by atoms with E-state index in [1.54, 1.807) is 36.1 Å². The van der Waals surface area contributed by atoms with Gasteiger partial charge in [0.1, 0.15) is 23.5 Å². The number of benzene rings is 2. The first kappa shape index (κ1) is 24.0. The summed E-state index contributed by atoms with van der Waals surface area (Å²) in [6, 6.07) is 15.2. The van der Waals surface area contributed by atoms with E-state index in [1.165, 1.54) is 0 Å². The quantitative estimate of drug-likeness (QED) is 0.288. The molecule has 0 bridgehead atoms. The maximum Gasteiger partial charge on any atom is 0.193 e. The number of piperidine rings is 1. The molecule has 1 aliphatic rings. The summed E-state index contributed by atoms with van der Waals surface area (Å²) in [5, 5.41) is 3.36. The van der Waals surface area contributed by atoms with Gasteiger partial charge in [0.2, 0.25) is 0 Å². The van der Waals surface area contributed by atoms with Gasteiger partial charge in [-0.25, -0.2) is 9.37 Å². The van der Waals surface area contributed by atoms with Crippen molar-refractivity contribution in [2.75, 3.05) is 20.1 Å². The normalized spacial score (nSPS) is 14.7. The maximum atomic E-state index is 14.6. The molecule has 3 aromatic rings. The number of aromatic nitrogens is 2. The molecule has 1 saturated heterocycles. The van der Waals surface area contributed by atoms with Gasteiger partial charge >= 0.3 is 0 Å². The van der Waals surface area contributed by atoms with Gasteiger partial charge in [-0.15, -0.1) is 24.0 Å². The van der Waals surface area contributed by atoms with E-state index in [0.29, 0.717) is 12.2 Å². The zero-order valence-electron chi connectivity index (χ0n) is 18.4. The van der Waals surface area contributed by atoms with Crippen LogP contribution in [0.25, 0.3) is 5.69 Å². The number of nitrogens with one attached hydrogen (secondary N) is 1. The molecule has 6 nitrogen and oxygen atoms in total. The summed E-state index contributed by atoms with van der Waals surface area (Å²) in [6.07, 6.45) is 5.51. The summed E-state index contributed by atoms with van der Waals surface area (Å²) in [7, 11) is 1.78. The Bertz CT molecular complexity index is 1030. The number of halogens is 2. The van der Waals surface area contributed by atoms with Crippen molar-refractivity contribution in [3.05, 3.63) is 78.1 Å². The molecule has 1 N–H and O–H groups in total. The molecular formula is C24H29FIN5O. The Morgan fingerprint density at radius 2 is 1.94 bits per heavy atom. The first-order chi connectivity index (χ1) is 15.1. The van der Waals surface area contributed by atoms with Crippen LogP contribution in [0.2, 0.25) is 0 Å². The minimum Gasteiger partial charge on any atom is -0.490 e. The number of hydrogen-bond donors (Lipinski definition) is 1. The fourth-order valence-electron chi connectivity index (χ4n) is 3.88. The highest BCUT2D eigenvalue weighted by Gasteiger charge is 2.22. The van der Waals surface area contributed by atoms with Gasteiger partial charge in [0.05, 0.1) is 5.69 Å². The maximum absolute atomic E-state index is 14.6. The lowest BCUT2D eigenvalue weighted by Gasteiger charge is -2.34. The Morgan fingerprint density at radius 1 is 1.19 bits per heavy atom. The minimum atomic E-state index is -0.269. The van der Waals surface area contributed by atoms with E-state index in [0.717, 1.165) is 49.0 Å². The predicted molar refractivity (Wildman–Crippen MR) is 136 cm³/mol. The number of hydrogen-bond acceptors (Lipinski definition) is 3. The second kappa shape index (κ2) is 11.3. The van der Waals surface area contributed by atoms with Crippen LogP contribution in [0.5, 0.6) is 5.75 Å². The number of likely N-dealkylation sites (tertiary alicyclic amines) is 1. The second-order valence-corrected chi connectivity index (χ2v) is 7.65. The highest BCUT2D eigenvalue weighted by atomic mass is 127. The van der Waals surface area contributed by atoms with E-state index in [1.807, 2.05) is 43.3 Å². The van der Waals surface area contributed by atoms with Crippen molar-refractivity contribution in [1.29, 1.82) is 0 Å². The number of ether oxygens (including phenoxy) is 1. The Morgan fingerprint density at radius 3 is 2.56 bits per heavy atom. The Hall–Kier alpha value is -2.62. The van der Waals surface area contributed by atoms with E-state index >= 15 is 0 Å². The summed E-state index contributed by atoms with van der Waals surface area (Å²) in [4.78, 5) is 10.8. The first-order valence-corrected chi connectivity index (χ1v) is 10.6. The third-order valence-electron chi connectivity index (χ3n) is 5.55. The molecule has 8 heteroatoms. The van der Waals surface area contributed by atoms with Crippen LogP contribution in [0.15, 0.2) is 65.9 Å². The number of guanidine groups is 1. The standard InChI is InChI=1S/C24H28FN5O.HI/c1-18-27-12-15-30(18)23-9-8-19(16-22(23)25)17-28-24(26-2)29-13-10-21(11-14-29)31-20-6-4-3-5-7-20;/h3-9,12,15-16,21H,10-11,13-14,17H2,1-2H3,(H,26,28);1H. The van der Waals surface area contributed by atoms with E-state index in [2.05, 4.69) is 20.2 Å². The largest absolute Gasteiger partial charge is 0.490 e. The molecular weight excluding hydrogens is 520 g/mol. The van der Waals surface area contributed by atoms with Crippen molar-refractivity contribution in [2.24, 2.45) is 4.99 Å².